The number of rotatable bonds is 9. The highest BCUT2D eigenvalue weighted by Crippen LogP contribution is 2.41. The molecular weight excluding hydrogens is 446 g/mol. The van der Waals surface area contributed by atoms with Gasteiger partial charge in [-0.25, -0.2) is 0 Å². The standard InChI is InChI=1S/C25H28ClNO6/c1-5-32-18-8-6-7-16(13-18)22-21(23(28)17-9-10-19(26)20(14-17)31-4)24(29)25(30)27(22)11-12-33-15(2)3/h6-10,13-15,22,28H,5,11-12H2,1-4H3/b23-21-. The predicted octanol–water partition coefficient (Wildman–Crippen LogP) is 4.59. The summed E-state index contributed by atoms with van der Waals surface area (Å²) in [5.74, 6) is -0.820. The van der Waals surface area contributed by atoms with Gasteiger partial charge in [-0.2, -0.15) is 0 Å². The highest BCUT2D eigenvalue weighted by Gasteiger charge is 2.46. The maximum Gasteiger partial charge on any atom is 0.295 e. The van der Waals surface area contributed by atoms with Crippen LogP contribution in [0, 0.1) is 0 Å². The molecule has 176 valence electrons. The first-order valence-electron chi connectivity index (χ1n) is 10.7. The number of methoxy groups -OCH3 is 1. The first-order valence-corrected chi connectivity index (χ1v) is 11.1. The molecule has 3 rings (SSSR count). The number of benzene rings is 2. The van der Waals surface area contributed by atoms with E-state index in [0.717, 1.165) is 0 Å². The molecule has 33 heavy (non-hydrogen) atoms. The van der Waals surface area contributed by atoms with Gasteiger partial charge in [0.1, 0.15) is 17.3 Å². The second kappa shape index (κ2) is 10.7. The summed E-state index contributed by atoms with van der Waals surface area (Å²) in [6.07, 6.45) is -0.0249. The van der Waals surface area contributed by atoms with Gasteiger partial charge in [-0.1, -0.05) is 23.7 Å². The number of amides is 1. The Morgan fingerprint density at radius 3 is 2.61 bits per heavy atom. The van der Waals surface area contributed by atoms with Crippen LogP contribution in [0.4, 0.5) is 0 Å². The number of likely N-dealkylation sites (tertiary alicyclic amines) is 1. The molecule has 0 aliphatic carbocycles. The van der Waals surface area contributed by atoms with Crippen molar-refractivity contribution in [2.75, 3.05) is 26.9 Å². The number of carbonyl (C=O) groups excluding carboxylic acids is 2. The lowest BCUT2D eigenvalue weighted by molar-refractivity contribution is -0.140. The monoisotopic (exact) mass is 473 g/mol. The summed E-state index contributed by atoms with van der Waals surface area (Å²) < 4.78 is 16.5. The second-order valence-electron chi connectivity index (χ2n) is 7.77. The molecule has 1 unspecified atom stereocenters. The van der Waals surface area contributed by atoms with Crippen LogP contribution in [0.3, 0.4) is 0 Å². The van der Waals surface area contributed by atoms with E-state index >= 15 is 0 Å². The van der Waals surface area contributed by atoms with Crippen molar-refractivity contribution in [2.45, 2.75) is 32.9 Å². The number of Topliss-reactive ketones (excluding diaryl/α,β-unsaturated/α-hetero) is 1. The van der Waals surface area contributed by atoms with Crippen LogP contribution in [0.1, 0.15) is 37.9 Å². The van der Waals surface area contributed by atoms with Crippen LogP contribution in [-0.2, 0) is 14.3 Å². The van der Waals surface area contributed by atoms with Crippen LogP contribution in [0.25, 0.3) is 5.76 Å². The lowest BCUT2D eigenvalue weighted by Crippen LogP contribution is -2.33. The van der Waals surface area contributed by atoms with Crippen LogP contribution in [0.15, 0.2) is 48.0 Å². The van der Waals surface area contributed by atoms with E-state index in [4.69, 9.17) is 25.8 Å². The van der Waals surface area contributed by atoms with E-state index in [0.29, 0.717) is 34.3 Å². The van der Waals surface area contributed by atoms with E-state index in [1.807, 2.05) is 20.8 Å². The zero-order chi connectivity index (χ0) is 24.1. The van der Waals surface area contributed by atoms with Gasteiger partial charge in [0.15, 0.2) is 0 Å². The Bertz CT molecular complexity index is 1060. The quantitative estimate of drug-likeness (QED) is 0.325. The minimum atomic E-state index is -0.803. The predicted molar refractivity (Wildman–Crippen MR) is 126 cm³/mol. The van der Waals surface area contributed by atoms with Gasteiger partial charge in [-0.15, -0.1) is 0 Å². The smallest absolute Gasteiger partial charge is 0.295 e. The lowest BCUT2D eigenvalue weighted by atomic mass is 9.95. The van der Waals surface area contributed by atoms with E-state index in [1.54, 1.807) is 36.4 Å². The first kappa shape index (κ1) is 24.6. The summed E-state index contributed by atoms with van der Waals surface area (Å²) >= 11 is 6.11. The van der Waals surface area contributed by atoms with Crippen molar-refractivity contribution in [3.8, 4) is 11.5 Å². The van der Waals surface area contributed by atoms with Gasteiger partial charge < -0.3 is 24.2 Å². The van der Waals surface area contributed by atoms with Crippen LogP contribution < -0.4 is 9.47 Å². The van der Waals surface area contributed by atoms with Crippen molar-refractivity contribution < 1.29 is 28.9 Å². The third-order valence-electron chi connectivity index (χ3n) is 5.23. The number of ether oxygens (including phenoxy) is 3. The number of aliphatic hydroxyl groups excluding tert-OH is 1. The van der Waals surface area contributed by atoms with Gasteiger partial charge >= 0.3 is 0 Å². The number of ketones is 1. The summed E-state index contributed by atoms with van der Waals surface area (Å²) in [4.78, 5) is 27.5. The van der Waals surface area contributed by atoms with Crippen molar-refractivity contribution in [3.63, 3.8) is 0 Å². The van der Waals surface area contributed by atoms with Crippen molar-refractivity contribution in [3.05, 3.63) is 64.2 Å². The summed E-state index contributed by atoms with van der Waals surface area (Å²) in [5.41, 5.74) is 0.952. The van der Waals surface area contributed by atoms with E-state index < -0.39 is 17.7 Å². The molecule has 0 aromatic heterocycles. The maximum absolute atomic E-state index is 13.1. The van der Waals surface area contributed by atoms with E-state index in [1.165, 1.54) is 18.1 Å². The van der Waals surface area contributed by atoms with Gasteiger partial charge in [0.25, 0.3) is 11.7 Å². The average molecular weight is 474 g/mol. The van der Waals surface area contributed by atoms with Gasteiger partial charge in [0.2, 0.25) is 0 Å². The fraction of sp³-hybridized carbons (Fsp3) is 0.360. The minimum Gasteiger partial charge on any atom is -0.507 e. The molecular formula is C25H28ClNO6. The van der Waals surface area contributed by atoms with Gasteiger partial charge in [-0.3, -0.25) is 9.59 Å². The number of nitrogens with zero attached hydrogens (tertiary/aromatic N) is 1. The third-order valence-corrected chi connectivity index (χ3v) is 5.54. The van der Waals surface area contributed by atoms with Gasteiger partial charge in [0.05, 0.1) is 43.1 Å². The average Bonchev–Trinajstić information content (AvgIpc) is 3.04. The zero-order valence-electron chi connectivity index (χ0n) is 19.1. The molecule has 7 nitrogen and oxygen atoms in total. The minimum absolute atomic E-state index is 0.0115. The molecule has 1 N–H and O–H groups in total. The molecule has 1 atom stereocenters. The molecule has 0 spiro atoms. The van der Waals surface area contributed by atoms with E-state index in [2.05, 4.69) is 0 Å². The Morgan fingerprint density at radius 1 is 1.18 bits per heavy atom. The SMILES string of the molecule is CCOc1cccc(C2/C(=C(/O)c3ccc(Cl)c(OC)c3)C(=O)C(=O)N2CCOC(C)C)c1. The van der Waals surface area contributed by atoms with E-state index in [9.17, 15) is 14.7 Å². The highest BCUT2D eigenvalue weighted by atomic mass is 35.5. The molecule has 2 aromatic carbocycles. The Morgan fingerprint density at radius 2 is 1.94 bits per heavy atom. The molecule has 1 heterocycles. The highest BCUT2D eigenvalue weighted by molar-refractivity contribution is 6.46. The molecule has 8 heteroatoms. The number of aliphatic hydroxyl groups is 1. The molecule has 1 aliphatic heterocycles. The largest absolute Gasteiger partial charge is 0.507 e. The zero-order valence-corrected chi connectivity index (χ0v) is 19.9. The molecule has 0 bridgehead atoms. The molecule has 1 fully saturated rings. The van der Waals surface area contributed by atoms with Crippen molar-refractivity contribution in [1.29, 1.82) is 0 Å². The summed E-state index contributed by atoms with van der Waals surface area (Å²) in [5, 5.41) is 11.5. The number of hydrogen-bond acceptors (Lipinski definition) is 6. The van der Waals surface area contributed by atoms with Gasteiger partial charge in [0, 0.05) is 12.1 Å². The van der Waals surface area contributed by atoms with Crippen LogP contribution >= 0.6 is 11.6 Å². The molecule has 0 saturated carbocycles. The number of carbonyl (C=O) groups is 2. The third kappa shape index (κ3) is 5.31. The molecule has 0 radical (unpaired) electrons. The number of hydrogen-bond donors (Lipinski definition) is 1. The maximum atomic E-state index is 13.1. The fourth-order valence-electron chi connectivity index (χ4n) is 3.75. The van der Waals surface area contributed by atoms with Crippen LogP contribution in [0.2, 0.25) is 5.02 Å². The van der Waals surface area contributed by atoms with Crippen LogP contribution in [-0.4, -0.2) is 54.7 Å². The van der Waals surface area contributed by atoms with Crippen molar-refractivity contribution >= 4 is 29.1 Å². The molecule has 1 amide bonds. The summed E-state index contributed by atoms with van der Waals surface area (Å²) in [6, 6.07) is 11.0. The number of halogens is 1. The Kier molecular flexibility index (Phi) is 8.00. The van der Waals surface area contributed by atoms with E-state index in [-0.39, 0.29) is 30.6 Å². The Balaban J connectivity index is 2.13. The first-order chi connectivity index (χ1) is 15.8. The normalized spacial score (nSPS) is 17.6. The second-order valence-corrected chi connectivity index (χ2v) is 8.17. The van der Waals surface area contributed by atoms with Gasteiger partial charge in [-0.05, 0) is 56.7 Å². The fourth-order valence-corrected chi connectivity index (χ4v) is 3.94. The lowest BCUT2D eigenvalue weighted by Gasteiger charge is -2.26. The Labute approximate surface area is 198 Å². The van der Waals surface area contributed by atoms with Crippen molar-refractivity contribution in [2.24, 2.45) is 0 Å². The van der Waals surface area contributed by atoms with Crippen molar-refractivity contribution in [1.82, 2.24) is 4.90 Å². The molecule has 1 saturated heterocycles. The topological polar surface area (TPSA) is 85.3 Å². The molecule has 2 aromatic rings. The van der Waals surface area contributed by atoms with Crippen LogP contribution in [0.5, 0.6) is 11.5 Å². The summed E-state index contributed by atoms with van der Waals surface area (Å²) in [7, 11) is 1.46. The summed E-state index contributed by atoms with van der Waals surface area (Å²) in [6.45, 7) is 6.57. The Hall–Kier alpha value is -3.03. The molecule has 1 aliphatic rings.